The fourth-order valence-electron chi connectivity index (χ4n) is 4.68. The maximum absolute atomic E-state index is 11.6. The number of fused-ring (bicyclic) bond motifs is 4. The van der Waals surface area contributed by atoms with E-state index in [9.17, 15) is 4.79 Å². The lowest BCUT2D eigenvalue weighted by molar-refractivity contribution is -0.133. The monoisotopic (exact) mass is 230 g/mol. The van der Waals surface area contributed by atoms with Gasteiger partial charge in [0.15, 0.2) is 0 Å². The zero-order valence-corrected chi connectivity index (χ0v) is 10.7. The summed E-state index contributed by atoms with van der Waals surface area (Å²) in [6.45, 7) is 6.68. The van der Waals surface area contributed by atoms with Crippen molar-refractivity contribution < 1.29 is 9.53 Å². The third kappa shape index (κ3) is 1.00. The van der Waals surface area contributed by atoms with E-state index < -0.39 is 0 Å². The first-order chi connectivity index (χ1) is 7.94. The Balaban J connectivity index is 1.85. The number of carbonyl (C=O) groups excluding carboxylic acids is 1. The average Bonchev–Trinajstić information content (AvgIpc) is 2.71. The second-order valence-electron chi connectivity index (χ2n) is 6.88. The van der Waals surface area contributed by atoms with Gasteiger partial charge in [0.05, 0.1) is 0 Å². The molecular formula is C15H18O2. The summed E-state index contributed by atoms with van der Waals surface area (Å²) in [6.07, 6.45) is 5.97. The SMILES string of the molecule is CC1=C2C[C@H]3[C@]4(C)C[C@@H]4C[C@]3(C)C=C2OC1=O. The summed E-state index contributed by atoms with van der Waals surface area (Å²) in [5.74, 6) is 2.36. The van der Waals surface area contributed by atoms with Crippen LogP contribution in [0, 0.1) is 22.7 Å². The van der Waals surface area contributed by atoms with E-state index in [-0.39, 0.29) is 11.4 Å². The van der Waals surface area contributed by atoms with Crippen molar-refractivity contribution in [2.24, 2.45) is 22.7 Å². The number of hydrogen-bond donors (Lipinski definition) is 0. The van der Waals surface area contributed by atoms with E-state index in [1.165, 1.54) is 18.4 Å². The van der Waals surface area contributed by atoms with E-state index in [4.69, 9.17) is 4.74 Å². The molecule has 0 aromatic carbocycles. The Morgan fingerprint density at radius 3 is 2.88 bits per heavy atom. The van der Waals surface area contributed by atoms with Gasteiger partial charge in [-0.15, -0.1) is 0 Å². The van der Waals surface area contributed by atoms with Gasteiger partial charge in [-0.1, -0.05) is 13.8 Å². The summed E-state index contributed by atoms with van der Waals surface area (Å²) in [5.41, 5.74) is 2.83. The summed E-state index contributed by atoms with van der Waals surface area (Å²) in [4.78, 5) is 11.6. The topological polar surface area (TPSA) is 26.3 Å². The largest absolute Gasteiger partial charge is 0.423 e. The van der Waals surface area contributed by atoms with E-state index in [1.54, 1.807) is 0 Å². The molecule has 2 fully saturated rings. The van der Waals surface area contributed by atoms with Gasteiger partial charge in [-0.05, 0) is 54.9 Å². The minimum atomic E-state index is -0.132. The van der Waals surface area contributed by atoms with Crippen LogP contribution in [0.15, 0.2) is 23.0 Å². The zero-order chi connectivity index (χ0) is 12.0. The smallest absolute Gasteiger partial charge is 0.339 e. The molecule has 0 aromatic heterocycles. The summed E-state index contributed by atoms with van der Waals surface area (Å²) in [5, 5.41) is 0. The van der Waals surface area contributed by atoms with Crippen molar-refractivity contribution in [3.05, 3.63) is 23.0 Å². The molecule has 0 radical (unpaired) electrons. The van der Waals surface area contributed by atoms with Crippen LogP contribution < -0.4 is 0 Å². The number of rotatable bonds is 0. The van der Waals surface area contributed by atoms with Crippen LogP contribution in [0.2, 0.25) is 0 Å². The molecule has 1 heterocycles. The van der Waals surface area contributed by atoms with Gasteiger partial charge in [-0.2, -0.15) is 0 Å². The highest BCUT2D eigenvalue weighted by Gasteiger charge is 2.67. The van der Waals surface area contributed by atoms with Crippen LogP contribution in [-0.4, -0.2) is 5.97 Å². The van der Waals surface area contributed by atoms with Gasteiger partial charge in [-0.3, -0.25) is 0 Å². The molecule has 0 amide bonds. The predicted molar refractivity (Wildman–Crippen MR) is 63.9 cm³/mol. The third-order valence-electron chi connectivity index (χ3n) is 5.87. The molecule has 90 valence electrons. The Bertz CT molecular complexity index is 513. The van der Waals surface area contributed by atoms with Crippen LogP contribution in [0.25, 0.3) is 0 Å². The maximum atomic E-state index is 11.6. The van der Waals surface area contributed by atoms with Crippen molar-refractivity contribution >= 4 is 5.97 Å². The fraction of sp³-hybridized carbons (Fsp3) is 0.667. The molecule has 17 heavy (non-hydrogen) atoms. The van der Waals surface area contributed by atoms with E-state index in [1.807, 2.05) is 6.92 Å². The number of carbonyl (C=O) groups is 1. The van der Waals surface area contributed by atoms with Gasteiger partial charge < -0.3 is 4.74 Å². The molecular weight excluding hydrogens is 212 g/mol. The Kier molecular flexibility index (Phi) is 1.47. The van der Waals surface area contributed by atoms with Gasteiger partial charge in [0.2, 0.25) is 0 Å². The molecule has 1 aliphatic heterocycles. The van der Waals surface area contributed by atoms with Crippen molar-refractivity contribution in [3.8, 4) is 0 Å². The van der Waals surface area contributed by atoms with Gasteiger partial charge in [0.1, 0.15) is 5.76 Å². The highest BCUT2D eigenvalue weighted by Crippen LogP contribution is 2.75. The maximum Gasteiger partial charge on any atom is 0.339 e. The Morgan fingerprint density at radius 2 is 2.12 bits per heavy atom. The predicted octanol–water partition coefficient (Wildman–Crippen LogP) is 3.20. The lowest BCUT2D eigenvalue weighted by atomic mass is 9.66. The molecule has 4 aliphatic rings. The van der Waals surface area contributed by atoms with Gasteiger partial charge >= 0.3 is 5.97 Å². The highest BCUT2D eigenvalue weighted by atomic mass is 16.5. The first kappa shape index (κ1) is 9.93. The second kappa shape index (κ2) is 2.52. The average molecular weight is 230 g/mol. The van der Waals surface area contributed by atoms with Crippen LogP contribution in [0.4, 0.5) is 0 Å². The van der Waals surface area contributed by atoms with Crippen molar-refractivity contribution in [2.45, 2.75) is 40.0 Å². The summed E-state index contributed by atoms with van der Waals surface area (Å²) < 4.78 is 5.38. The molecule has 4 rings (SSSR count). The summed E-state index contributed by atoms with van der Waals surface area (Å²) in [7, 11) is 0. The molecule has 3 aliphatic carbocycles. The third-order valence-corrected chi connectivity index (χ3v) is 5.87. The van der Waals surface area contributed by atoms with E-state index >= 15 is 0 Å². The first-order valence-electron chi connectivity index (χ1n) is 6.59. The molecule has 0 spiro atoms. The Hall–Kier alpha value is -1.05. The zero-order valence-electron chi connectivity index (χ0n) is 10.7. The van der Waals surface area contributed by atoms with Crippen LogP contribution >= 0.6 is 0 Å². The minimum Gasteiger partial charge on any atom is -0.423 e. The minimum absolute atomic E-state index is 0.132. The molecule has 0 bridgehead atoms. The molecule has 0 aromatic rings. The van der Waals surface area contributed by atoms with Crippen molar-refractivity contribution in [1.82, 2.24) is 0 Å². The van der Waals surface area contributed by atoms with Gasteiger partial charge in [0.25, 0.3) is 0 Å². The Labute approximate surface area is 102 Å². The summed E-state index contributed by atoms with van der Waals surface area (Å²) >= 11 is 0. The van der Waals surface area contributed by atoms with Gasteiger partial charge in [-0.25, -0.2) is 4.79 Å². The van der Waals surface area contributed by atoms with Crippen LogP contribution in [0.1, 0.15) is 40.0 Å². The summed E-state index contributed by atoms with van der Waals surface area (Å²) in [6, 6.07) is 0. The van der Waals surface area contributed by atoms with Crippen molar-refractivity contribution in [1.29, 1.82) is 0 Å². The molecule has 0 unspecified atom stereocenters. The molecule has 0 N–H and O–H groups in total. The van der Waals surface area contributed by atoms with E-state index in [2.05, 4.69) is 19.9 Å². The number of allylic oxidation sites excluding steroid dienone is 2. The fourth-order valence-corrected chi connectivity index (χ4v) is 4.68. The Morgan fingerprint density at radius 1 is 1.35 bits per heavy atom. The van der Waals surface area contributed by atoms with Crippen LogP contribution in [-0.2, 0) is 9.53 Å². The van der Waals surface area contributed by atoms with E-state index in [0.29, 0.717) is 11.3 Å². The van der Waals surface area contributed by atoms with Crippen molar-refractivity contribution in [2.75, 3.05) is 0 Å². The number of hydrogen-bond acceptors (Lipinski definition) is 2. The highest BCUT2D eigenvalue weighted by molar-refractivity contribution is 5.94. The van der Waals surface area contributed by atoms with E-state index in [0.717, 1.165) is 23.7 Å². The molecule has 0 saturated heterocycles. The molecule has 2 saturated carbocycles. The van der Waals surface area contributed by atoms with Crippen molar-refractivity contribution in [3.63, 3.8) is 0 Å². The normalized spacial score (nSPS) is 50.5. The molecule has 2 heteroatoms. The quantitative estimate of drug-likeness (QED) is 0.597. The van der Waals surface area contributed by atoms with Crippen LogP contribution in [0.3, 0.4) is 0 Å². The molecule has 2 nitrogen and oxygen atoms in total. The lowest BCUT2D eigenvalue weighted by Crippen LogP contribution is -2.30. The first-order valence-corrected chi connectivity index (χ1v) is 6.59. The number of ether oxygens (including phenoxy) is 1. The lowest BCUT2D eigenvalue weighted by Gasteiger charge is -2.38. The molecule has 4 atom stereocenters. The van der Waals surface area contributed by atoms with Crippen LogP contribution in [0.5, 0.6) is 0 Å². The second-order valence-corrected chi connectivity index (χ2v) is 6.88. The number of esters is 1. The standard InChI is InChI=1S/C15H18O2/c1-8-10-4-12-14(2,5-9-6-15(9,12)3)7-11(10)17-13(8)16/h7,9,12H,4-6H2,1-3H3/t9-,12+,14+,15+/m0/s1. The van der Waals surface area contributed by atoms with Gasteiger partial charge in [0, 0.05) is 11.1 Å².